The molecule has 4 amide bonds. The quantitative estimate of drug-likeness (QED) is 0.629. The van der Waals surface area contributed by atoms with E-state index < -0.39 is 29.9 Å². The average Bonchev–Trinajstić information content (AvgIpc) is 3.20. The molecule has 26 heavy (non-hydrogen) atoms. The summed E-state index contributed by atoms with van der Waals surface area (Å²) in [6.07, 6.45) is 1.40. The van der Waals surface area contributed by atoms with Crippen molar-refractivity contribution in [3.05, 3.63) is 54.0 Å². The number of furan rings is 1. The Balaban J connectivity index is 1.68. The Hall–Kier alpha value is -3.42. The maximum absolute atomic E-state index is 12.6. The predicted octanol–water partition coefficient (Wildman–Crippen LogP) is 1.89. The van der Waals surface area contributed by atoms with E-state index in [9.17, 15) is 19.2 Å². The third kappa shape index (κ3) is 3.08. The maximum atomic E-state index is 12.6. The van der Waals surface area contributed by atoms with Crippen LogP contribution in [0.3, 0.4) is 0 Å². The number of hydrogen-bond donors (Lipinski definition) is 2. The molecule has 1 atom stereocenters. The standard InChI is InChI=1S/C18H17N3O5/c1-11(22)12-5-7-13(8-6-12)19-15(23)10-21-16(24)18(2,20-17(21)25)14-4-3-9-26-14/h3-9H,10H2,1-2H3,(H,19,23)(H,20,25)/t18-/m0/s1. The highest BCUT2D eigenvalue weighted by atomic mass is 16.3. The third-order valence-corrected chi connectivity index (χ3v) is 4.17. The van der Waals surface area contributed by atoms with Gasteiger partial charge in [0.1, 0.15) is 12.3 Å². The molecule has 0 bridgehead atoms. The van der Waals surface area contributed by atoms with E-state index in [4.69, 9.17) is 4.42 Å². The van der Waals surface area contributed by atoms with Gasteiger partial charge in [0.05, 0.1) is 6.26 Å². The van der Waals surface area contributed by atoms with Crippen LogP contribution in [0.25, 0.3) is 0 Å². The molecule has 8 heteroatoms. The Morgan fingerprint density at radius 1 is 1.19 bits per heavy atom. The number of amides is 4. The molecule has 1 aromatic carbocycles. The van der Waals surface area contributed by atoms with Gasteiger partial charge in [-0.05, 0) is 50.2 Å². The number of hydrogen-bond acceptors (Lipinski definition) is 5. The van der Waals surface area contributed by atoms with E-state index in [0.717, 1.165) is 4.90 Å². The summed E-state index contributed by atoms with van der Waals surface area (Å²) in [7, 11) is 0. The fraction of sp³-hybridized carbons (Fsp3) is 0.222. The van der Waals surface area contributed by atoms with Crippen molar-refractivity contribution in [2.45, 2.75) is 19.4 Å². The van der Waals surface area contributed by atoms with E-state index in [0.29, 0.717) is 17.0 Å². The third-order valence-electron chi connectivity index (χ3n) is 4.17. The molecule has 0 radical (unpaired) electrons. The Morgan fingerprint density at radius 3 is 2.46 bits per heavy atom. The van der Waals surface area contributed by atoms with E-state index in [-0.39, 0.29) is 5.78 Å². The van der Waals surface area contributed by atoms with Gasteiger partial charge in [-0.15, -0.1) is 0 Å². The van der Waals surface area contributed by atoms with Gasteiger partial charge < -0.3 is 15.1 Å². The SMILES string of the molecule is CC(=O)c1ccc(NC(=O)CN2C(=O)N[C@@](C)(c3ccco3)C2=O)cc1. The van der Waals surface area contributed by atoms with Crippen molar-refractivity contribution >= 4 is 29.3 Å². The Morgan fingerprint density at radius 2 is 1.88 bits per heavy atom. The van der Waals surface area contributed by atoms with Crippen LogP contribution in [0, 0.1) is 0 Å². The lowest BCUT2D eigenvalue weighted by molar-refractivity contribution is -0.134. The number of ketones is 1. The van der Waals surface area contributed by atoms with Crippen LogP contribution in [0.4, 0.5) is 10.5 Å². The summed E-state index contributed by atoms with van der Waals surface area (Å²) in [6.45, 7) is 2.53. The number of carbonyl (C=O) groups is 4. The van der Waals surface area contributed by atoms with Gasteiger partial charge in [0, 0.05) is 11.3 Å². The second kappa shape index (κ2) is 6.47. The van der Waals surface area contributed by atoms with Crippen LogP contribution >= 0.6 is 0 Å². The lowest BCUT2D eigenvalue weighted by Gasteiger charge is -2.18. The molecule has 1 aromatic heterocycles. The largest absolute Gasteiger partial charge is 0.466 e. The summed E-state index contributed by atoms with van der Waals surface area (Å²) in [4.78, 5) is 49.0. The fourth-order valence-corrected chi connectivity index (χ4v) is 2.70. The first-order valence-corrected chi connectivity index (χ1v) is 7.90. The minimum absolute atomic E-state index is 0.0839. The van der Waals surface area contributed by atoms with Crippen molar-refractivity contribution in [3.63, 3.8) is 0 Å². The summed E-state index contributed by atoms with van der Waals surface area (Å²) in [5.41, 5.74) is -0.364. The molecule has 134 valence electrons. The molecule has 0 unspecified atom stereocenters. The van der Waals surface area contributed by atoms with Crippen LogP contribution in [0.1, 0.15) is 30.0 Å². The monoisotopic (exact) mass is 355 g/mol. The number of nitrogens with zero attached hydrogens (tertiary/aromatic N) is 1. The van der Waals surface area contributed by atoms with Gasteiger partial charge in [-0.25, -0.2) is 4.79 Å². The van der Waals surface area contributed by atoms with Crippen LogP contribution < -0.4 is 10.6 Å². The molecule has 2 heterocycles. The number of anilines is 1. The molecule has 1 aliphatic rings. The van der Waals surface area contributed by atoms with E-state index in [1.165, 1.54) is 20.1 Å². The van der Waals surface area contributed by atoms with Gasteiger partial charge in [-0.2, -0.15) is 0 Å². The lowest BCUT2D eigenvalue weighted by Crippen LogP contribution is -2.41. The van der Waals surface area contributed by atoms with Crippen LogP contribution in [0.5, 0.6) is 0 Å². The van der Waals surface area contributed by atoms with Gasteiger partial charge in [-0.3, -0.25) is 19.3 Å². The zero-order valence-corrected chi connectivity index (χ0v) is 14.2. The van der Waals surface area contributed by atoms with Crippen molar-refractivity contribution in [1.82, 2.24) is 10.2 Å². The highest BCUT2D eigenvalue weighted by molar-refractivity contribution is 6.10. The minimum atomic E-state index is -1.34. The normalized spacial score (nSPS) is 19.4. The molecule has 2 aromatic rings. The molecule has 0 aliphatic carbocycles. The van der Waals surface area contributed by atoms with Gasteiger partial charge in [0.2, 0.25) is 5.91 Å². The summed E-state index contributed by atoms with van der Waals surface area (Å²) in [6, 6.07) is 8.84. The van der Waals surface area contributed by atoms with Crippen LogP contribution in [-0.2, 0) is 15.1 Å². The highest BCUT2D eigenvalue weighted by Gasteiger charge is 2.51. The second-order valence-electron chi connectivity index (χ2n) is 6.11. The van der Waals surface area contributed by atoms with Crippen LogP contribution in [-0.4, -0.2) is 35.1 Å². The highest BCUT2D eigenvalue weighted by Crippen LogP contribution is 2.28. The summed E-state index contributed by atoms with van der Waals surface area (Å²) in [5, 5.41) is 5.14. The van der Waals surface area contributed by atoms with Crippen molar-refractivity contribution < 1.29 is 23.6 Å². The Kier molecular flexibility index (Phi) is 4.33. The van der Waals surface area contributed by atoms with Crippen molar-refractivity contribution in [1.29, 1.82) is 0 Å². The van der Waals surface area contributed by atoms with Crippen LogP contribution in [0.15, 0.2) is 47.1 Å². The van der Waals surface area contributed by atoms with E-state index in [1.807, 2.05) is 0 Å². The lowest BCUT2D eigenvalue weighted by atomic mass is 9.99. The number of rotatable bonds is 5. The molecule has 1 fully saturated rings. The molecule has 0 saturated carbocycles. The van der Waals surface area contributed by atoms with Crippen molar-refractivity contribution in [2.75, 3.05) is 11.9 Å². The van der Waals surface area contributed by atoms with Crippen molar-refractivity contribution in [2.24, 2.45) is 0 Å². The zero-order valence-electron chi connectivity index (χ0n) is 14.2. The molecular formula is C18H17N3O5. The number of imide groups is 1. The fourth-order valence-electron chi connectivity index (χ4n) is 2.70. The number of nitrogens with one attached hydrogen (secondary N) is 2. The summed E-state index contributed by atoms with van der Waals surface area (Å²) >= 11 is 0. The summed E-state index contributed by atoms with van der Waals surface area (Å²) < 4.78 is 5.23. The minimum Gasteiger partial charge on any atom is -0.466 e. The maximum Gasteiger partial charge on any atom is 0.325 e. The molecule has 3 rings (SSSR count). The first-order chi connectivity index (χ1) is 12.3. The van der Waals surface area contributed by atoms with Gasteiger partial charge in [0.15, 0.2) is 11.3 Å². The van der Waals surface area contributed by atoms with Crippen molar-refractivity contribution in [3.8, 4) is 0 Å². The number of Topliss-reactive ketones (excluding diaryl/α,β-unsaturated/α-hetero) is 1. The average molecular weight is 355 g/mol. The van der Waals surface area contributed by atoms with Gasteiger partial charge >= 0.3 is 6.03 Å². The molecular weight excluding hydrogens is 338 g/mol. The zero-order chi connectivity index (χ0) is 18.9. The Bertz CT molecular complexity index is 873. The first-order valence-electron chi connectivity index (χ1n) is 7.90. The number of carbonyl (C=O) groups excluding carboxylic acids is 4. The molecule has 1 aliphatic heterocycles. The second-order valence-corrected chi connectivity index (χ2v) is 6.11. The molecule has 2 N–H and O–H groups in total. The van der Waals surface area contributed by atoms with E-state index >= 15 is 0 Å². The topological polar surface area (TPSA) is 109 Å². The molecule has 1 saturated heterocycles. The molecule has 0 spiro atoms. The van der Waals surface area contributed by atoms with E-state index in [2.05, 4.69) is 10.6 Å². The van der Waals surface area contributed by atoms with Gasteiger partial charge in [0.25, 0.3) is 5.91 Å². The van der Waals surface area contributed by atoms with Gasteiger partial charge in [-0.1, -0.05) is 0 Å². The number of benzene rings is 1. The Labute approximate surface area is 149 Å². The smallest absolute Gasteiger partial charge is 0.325 e. The number of urea groups is 1. The van der Waals surface area contributed by atoms with Crippen LogP contribution in [0.2, 0.25) is 0 Å². The molecule has 8 nitrogen and oxygen atoms in total. The predicted molar refractivity (Wildman–Crippen MR) is 91.4 cm³/mol. The summed E-state index contributed by atoms with van der Waals surface area (Å²) in [5.74, 6) is -0.898. The first kappa shape index (κ1) is 17.4. The van der Waals surface area contributed by atoms with E-state index in [1.54, 1.807) is 36.4 Å².